The lowest BCUT2D eigenvalue weighted by atomic mass is 9.88. The molecule has 1 aromatic carbocycles. The third-order valence-electron chi connectivity index (χ3n) is 4.15. The molecule has 0 heterocycles. The van der Waals surface area contributed by atoms with Gasteiger partial charge in [0.05, 0.1) is 7.11 Å². The second-order valence-electron chi connectivity index (χ2n) is 5.26. The Morgan fingerprint density at radius 2 is 1.89 bits per heavy atom. The Bertz CT molecular complexity index is 526. The summed E-state index contributed by atoms with van der Waals surface area (Å²) in [6, 6.07) is 4.35. The van der Waals surface area contributed by atoms with Gasteiger partial charge in [-0.25, -0.2) is 4.79 Å². The first-order chi connectivity index (χ1) is 8.79. The van der Waals surface area contributed by atoms with Crippen molar-refractivity contribution in [3.05, 3.63) is 28.8 Å². The third-order valence-corrected chi connectivity index (χ3v) is 4.15. The number of aryl methyl sites for hydroxylation is 2. The van der Waals surface area contributed by atoms with Crippen molar-refractivity contribution in [2.24, 2.45) is 4.99 Å². The molecule has 0 aliphatic heterocycles. The van der Waals surface area contributed by atoms with Crippen LogP contribution in [0.2, 0.25) is 0 Å². The van der Waals surface area contributed by atoms with E-state index in [0.717, 1.165) is 37.0 Å². The van der Waals surface area contributed by atoms with Gasteiger partial charge in [-0.15, -0.1) is 0 Å². The molecular formula is C15H17NO2. The van der Waals surface area contributed by atoms with Gasteiger partial charge in [-0.3, -0.25) is 0 Å². The molecule has 0 radical (unpaired) electrons. The summed E-state index contributed by atoms with van der Waals surface area (Å²) in [5.41, 5.74) is 3.55. The van der Waals surface area contributed by atoms with E-state index in [1.807, 2.05) is 0 Å². The molecule has 3 rings (SSSR count). The molecule has 0 atom stereocenters. The fourth-order valence-electron chi connectivity index (χ4n) is 2.94. The van der Waals surface area contributed by atoms with Crippen LogP contribution in [0.5, 0.6) is 5.75 Å². The van der Waals surface area contributed by atoms with Gasteiger partial charge in [-0.2, -0.15) is 4.99 Å². The van der Waals surface area contributed by atoms with Gasteiger partial charge in [0, 0.05) is 5.56 Å². The zero-order valence-corrected chi connectivity index (χ0v) is 10.7. The van der Waals surface area contributed by atoms with Crippen molar-refractivity contribution in [3.63, 3.8) is 0 Å². The molecule has 0 amide bonds. The Kier molecular flexibility index (Phi) is 2.71. The van der Waals surface area contributed by atoms with Crippen molar-refractivity contribution in [2.45, 2.75) is 44.1 Å². The summed E-state index contributed by atoms with van der Waals surface area (Å²) < 4.78 is 5.49. The van der Waals surface area contributed by atoms with Crippen LogP contribution in [0, 0.1) is 0 Å². The van der Waals surface area contributed by atoms with Crippen LogP contribution in [0.3, 0.4) is 0 Å². The summed E-state index contributed by atoms with van der Waals surface area (Å²) in [5.74, 6) is 0.882. The fraction of sp³-hybridized carbons (Fsp3) is 0.533. The topological polar surface area (TPSA) is 38.7 Å². The fourth-order valence-corrected chi connectivity index (χ4v) is 2.94. The monoisotopic (exact) mass is 243 g/mol. The van der Waals surface area contributed by atoms with E-state index < -0.39 is 0 Å². The van der Waals surface area contributed by atoms with Gasteiger partial charge in [0.2, 0.25) is 6.08 Å². The number of aliphatic imine (C=N–C) groups is 1. The van der Waals surface area contributed by atoms with Crippen LogP contribution >= 0.6 is 0 Å². The van der Waals surface area contributed by atoms with E-state index in [4.69, 9.17) is 4.74 Å². The predicted octanol–water partition coefficient (Wildman–Crippen LogP) is 2.90. The highest BCUT2D eigenvalue weighted by Gasteiger charge is 2.47. The summed E-state index contributed by atoms with van der Waals surface area (Å²) in [5, 5.41) is 0. The number of hydrogen-bond donors (Lipinski definition) is 0. The normalized spacial score (nSPS) is 19.6. The Balaban J connectivity index is 2.10. The standard InChI is InChI=1S/C15H17NO2/c1-18-14-9-12-5-3-2-4-11(12)8-13(14)15(6-7-15)16-10-17/h8-9H,2-7H2,1H3. The molecule has 0 aromatic heterocycles. The number of nitrogens with zero attached hydrogens (tertiary/aromatic N) is 1. The van der Waals surface area contributed by atoms with Crippen LogP contribution in [0.1, 0.15) is 42.4 Å². The van der Waals surface area contributed by atoms with E-state index in [1.165, 1.54) is 24.0 Å². The molecule has 0 unspecified atom stereocenters. The van der Waals surface area contributed by atoms with Gasteiger partial charge < -0.3 is 4.74 Å². The quantitative estimate of drug-likeness (QED) is 0.605. The first-order valence-electron chi connectivity index (χ1n) is 6.58. The van der Waals surface area contributed by atoms with Crippen LogP contribution in [0.25, 0.3) is 0 Å². The Hall–Kier alpha value is -1.60. The average Bonchev–Trinajstić information content (AvgIpc) is 3.18. The minimum Gasteiger partial charge on any atom is -0.496 e. The zero-order valence-electron chi connectivity index (χ0n) is 10.7. The smallest absolute Gasteiger partial charge is 0.235 e. The van der Waals surface area contributed by atoms with E-state index in [1.54, 1.807) is 13.2 Å². The molecule has 94 valence electrons. The van der Waals surface area contributed by atoms with E-state index in [2.05, 4.69) is 17.1 Å². The van der Waals surface area contributed by atoms with E-state index in [-0.39, 0.29) is 5.54 Å². The number of methoxy groups -OCH3 is 1. The van der Waals surface area contributed by atoms with Gasteiger partial charge >= 0.3 is 0 Å². The second-order valence-corrected chi connectivity index (χ2v) is 5.26. The SMILES string of the molecule is COc1cc2c(cc1C1(N=C=O)CC1)CCCC2. The van der Waals surface area contributed by atoms with E-state index in [9.17, 15) is 4.79 Å². The van der Waals surface area contributed by atoms with Crippen molar-refractivity contribution in [3.8, 4) is 5.75 Å². The number of isocyanates is 1. The Labute approximate surface area is 107 Å². The molecule has 0 N–H and O–H groups in total. The summed E-state index contributed by atoms with van der Waals surface area (Å²) in [6.45, 7) is 0. The summed E-state index contributed by atoms with van der Waals surface area (Å²) >= 11 is 0. The number of ether oxygens (including phenoxy) is 1. The number of hydrogen-bond acceptors (Lipinski definition) is 3. The average molecular weight is 243 g/mol. The maximum Gasteiger partial charge on any atom is 0.235 e. The molecule has 3 heteroatoms. The Morgan fingerprint density at radius 1 is 1.22 bits per heavy atom. The van der Waals surface area contributed by atoms with Crippen LogP contribution in [0.15, 0.2) is 17.1 Å². The molecule has 2 aliphatic rings. The van der Waals surface area contributed by atoms with Crippen molar-refractivity contribution in [2.75, 3.05) is 7.11 Å². The summed E-state index contributed by atoms with van der Waals surface area (Å²) in [7, 11) is 1.69. The van der Waals surface area contributed by atoms with Gasteiger partial charge in [-0.1, -0.05) is 0 Å². The first-order valence-corrected chi connectivity index (χ1v) is 6.58. The lowest BCUT2D eigenvalue weighted by molar-refractivity contribution is 0.403. The van der Waals surface area contributed by atoms with Gasteiger partial charge in [-0.05, 0) is 61.8 Å². The molecule has 0 saturated heterocycles. The van der Waals surface area contributed by atoms with Crippen LogP contribution in [-0.2, 0) is 23.2 Å². The molecule has 2 aliphatic carbocycles. The lowest BCUT2D eigenvalue weighted by Gasteiger charge is -2.21. The molecule has 0 spiro atoms. The molecule has 18 heavy (non-hydrogen) atoms. The largest absolute Gasteiger partial charge is 0.496 e. The number of benzene rings is 1. The van der Waals surface area contributed by atoms with Crippen molar-refractivity contribution in [1.29, 1.82) is 0 Å². The van der Waals surface area contributed by atoms with Crippen molar-refractivity contribution >= 4 is 6.08 Å². The van der Waals surface area contributed by atoms with Crippen molar-refractivity contribution in [1.82, 2.24) is 0 Å². The summed E-state index contributed by atoms with van der Waals surface area (Å²) in [6.07, 6.45) is 8.35. The maximum atomic E-state index is 10.6. The first kappa shape index (κ1) is 11.5. The highest BCUT2D eigenvalue weighted by molar-refractivity contribution is 5.51. The molecule has 1 aromatic rings. The van der Waals surface area contributed by atoms with Crippen LogP contribution < -0.4 is 4.74 Å². The second kappa shape index (κ2) is 4.25. The molecule has 0 bridgehead atoms. The van der Waals surface area contributed by atoms with Crippen LogP contribution in [0.4, 0.5) is 0 Å². The van der Waals surface area contributed by atoms with Gasteiger partial charge in [0.1, 0.15) is 11.3 Å². The highest BCUT2D eigenvalue weighted by atomic mass is 16.5. The predicted molar refractivity (Wildman–Crippen MR) is 68.7 cm³/mol. The molecule has 1 saturated carbocycles. The minimum absolute atomic E-state index is 0.334. The van der Waals surface area contributed by atoms with E-state index in [0.29, 0.717) is 0 Å². The maximum absolute atomic E-state index is 10.6. The number of fused-ring (bicyclic) bond motifs is 1. The molecule has 1 fully saturated rings. The molecular weight excluding hydrogens is 226 g/mol. The van der Waals surface area contributed by atoms with E-state index >= 15 is 0 Å². The number of carbonyl (C=O) groups excluding carboxylic acids is 1. The zero-order chi connectivity index (χ0) is 12.6. The minimum atomic E-state index is -0.334. The summed E-state index contributed by atoms with van der Waals surface area (Å²) in [4.78, 5) is 14.6. The van der Waals surface area contributed by atoms with Crippen molar-refractivity contribution < 1.29 is 9.53 Å². The molecule has 3 nitrogen and oxygen atoms in total. The van der Waals surface area contributed by atoms with Gasteiger partial charge in [0.15, 0.2) is 0 Å². The number of rotatable bonds is 3. The highest BCUT2D eigenvalue weighted by Crippen LogP contribution is 2.53. The lowest BCUT2D eigenvalue weighted by Crippen LogP contribution is -2.10. The van der Waals surface area contributed by atoms with Crippen LogP contribution in [-0.4, -0.2) is 13.2 Å². The third kappa shape index (κ3) is 1.75. The Morgan fingerprint density at radius 3 is 2.44 bits per heavy atom. The van der Waals surface area contributed by atoms with Gasteiger partial charge in [0.25, 0.3) is 0 Å².